The second-order valence-electron chi connectivity index (χ2n) is 8.07. The fraction of sp³-hybridized carbons (Fsp3) is 0.348. The molecule has 2 aromatic rings. The summed E-state index contributed by atoms with van der Waals surface area (Å²) in [5.41, 5.74) is 1.04. The highest BCUT2D eigenvalue weighted by Gasteiger charge is 2.37. The molecular formula is C23H25N3O6S. The van der Waals surface area contributed by atoms with Crippen molar-refractivity contribution in [3.8, 4) is 5.75 Å². The van der Waals surface area contributed by atoms with Crippen LogP contribution >= 0.6 is 0 Å². The summed E-state index contributed by atoms with van der Waals surface area (Å²) in [6, 6.07) is 10.7. The molecule has 1 fully saturated rings. The summed E-state index contributed by atoms with van der Waals surface area (Å²) in [6.45, 7) is 3.01. The fourth-order valence-electron chi connectivity index (χ4n) is 4.10. The maximum Gasteiger partial charge on any atom is 0.266 e. The number of anilines is 1. The Balaban J connectivity index is 1.51. The van der Waals surface area contributed by atoms with Crippen LogP contribution in [-0.2, 0) is 10.0 Å². The molecule has 3 amide bonds. The Morgan fingerprint density at radius 2 is 1.79 bits per heavy atom. The number of piperidine rings is 1. The van der Waals surface area contributed by atoms with E-state index in [-0.39, 0.29) is 29.3 Å². The molecule has 33 heavy (non-hydrogen) atoms. The Labute approximate surface area is 192 Å². The predicted octanol–water partition coefficient (Wildman–Crippen LogP) is 2.04. The monoisotopic (exact) mass is 471 g/mol. The van der Waals surface area contributed by atoms with Gasteiger partial charge in [-0.25, -0.2) is 17.6 Å². The van der Waals surface area contributed by atoms with Gasteiger partial charge < -0.3 is 10.1 Å². The van der Waals surface area contributed by atoms with E-state index >= 15 is 0 Å². The van der Waals surface area contributed by atoms with Crippen molar-refractivity contribution >= 4 is 33.4 Å². The number of hydrogen-bond donors (Lipinski definition) is 1. The summed E-state index contributed by atoms with van der Waals surface area (Å²) < 4.78 is 30.4. The van der Waals surface area contributed by atoms with Crippen LogP contribution in [0.3, 0.4) is 0 Å². The van der Waals surface area contributed by atoms with Crippen LogP contribution in [0.2, 0.25) is 0 Å². The van der Waals surface area contributed by atoms with E-state index in [0.717, 1.165) is 11.2 Å². The summed E-state index contributed by atoms with van der Waals surface area (Å²) in [7, 11) is -3.33. The number of sulfonamides is 1. The van der Waals surface area contributed by atoms with Crippen LogP contribution in [0.1, 0.15) is 50.8 Å². The van der Waals surface area contributed by atoms with Crippen LogP contribution in [0.4, 0.5) is 5.69 Å². The molecule has 4 rings (SSSR count). The van der Waals surface area contributed by atoms with Gasteiger partial charge in [0.15, 0.2) is 0 Å². The normalized spacial score (nSPS) is 18.8. The van der Waals surface area contributed by atoms with Crippen LogP contribution in [0.15, 0.2) is 42.5 Å². The third-order valence-electron chi connectivity index (χ3n) is 5.74. The summed E-state index contributed by atoms with van der Waals surface area (Å²) >= 11 is 0. The number of carbonyl (C=O) groups is 3. The lowest BCUT2D eigenvalue weighted by Gasteiger charge is -2.31. The Morgan fingerprint density at radius 1 is 1.09 bits per heavy atom. The first kappa shape index (κ1) is 22.9. The van der Waals surface area contributed by atoms with Gasteiger partial charge in [-0.3, -0.25) is 14.4 Å². The van der Waals surface area contributed by atoms with Crippen molar-refractivity contribution in [1.29, 1.82) is 0 Å². The molecule has 174 valence electrons. The number of rotatable bonds is 6. The molecule has 0 spiro atoms. The lowest BCUT2D eigenvalue weighted by molar-refractivity contribution is 0.0915. The third kappa shape index (κ3) is 4.62. The quantitative estimate of drug-likeness (QED) is 0.645. The van der Waals surface area contributed by atoms with Crippen molar-refractivity contribution in [2.75, 3.05) is 30.9 Å². The van der Waals surface area contributed by atoms with E-state index in [1.807, 2.05) is 6.92 Å². The van der Waals surface area contributed by atoms with Crippen molar-refractivity contribution in [3.05, 3.63) is 59.2 Å². The Morgan fingerprint density at radius 3 is 2.45 bits per heavy atom. The second-order valence-corrected chi connectivity index (χ2v) is 10.0. The first-order chi connectivity index (χ1) is 15.7. The average Bonchev–Trinajstić information content (AvgIpc) is 3.04. The SMILES string of the molecule is CCOc1ccc(N2C(=O)c3ccc(C(=O)NC4CCCN(S(C)(=O)=O)C4)cc3C2=O)cc1. The zero-order valence-electron chi connectivity index (χ0n) is 18.4. The molecule has 0 aliphatic carbocycles. The maximum absolute atomic E-state index is 13.0. The van der Waals surface area contributed by atoms with E-state index in [4.69, 9.17) is 4.74 Å². The fourth-order valence-corrected chi connectivity index (χ4v) is 5.02. The Bertz CT molecular complexity index is 1210. The third-order valence-corrected chi connectivity index (χ3v) is 7.01. The van der Waals surface area contributed by atoms with Crippen molar-refractivity contribution in [2.24, 2.45) is 0 Å². The standard InChI is InChI=1S/C23H25N3O6S/c1-3-32-18-9-7-17(8-10-18)26-22(28)19-11-6-15(13-20(19)23(26)29)21(27)24-16-5-4-12-25(14-16)33(2,30)31/h6-11,13,16H,3-5,12,14H2,1-2H3,(H,24,27). The van der Waals surface area contributed by atoms with Crippen LogP contribution < -0.4 is 15.0 Å². The molecule has 0 bridgehead atoms. The van der Waals surface area contributed by atoms with Gasteiger partial charge in [0, 0.05) is 24.7 Å². The molecule has 9 nitrogen and oxygen atoms in total. The highest BCUT2D eigenvalue weighted by Crippen LogP contribution is 2.30. The second kappa shape index (κ2) is 8.95. The lowest BCUT2D eigenvalue weighted by Crippen LogP contribution is -2.49. The number of nitrogens with one attached hydrogen (secondary N) is 1. The van der Waals surface area contributed by atoms with Gasteiger partial charge in [0.25, 0.3) is 17.7 Å². The van der Waals surface area contributed by atoms with E-state index in [0.29, 0.717) is 37.4 Å². The number of nitrogens with zero attached hydrogens (tertiary/aromatic N) is 2. The number of ether oxygens (including phenoxy) is 1. The smallest absolute Gasteiger partial charge is 0.266 e. The van der Waals surface area contributed by atoms with Crippen LogP contribution in [0.5, 0.6) is 5.75 Å². The molecule has 2 aromatic carbocycles. The van der Waals surface area contributed by atoms with Crippen LogP contribution in [0, 0.1) is 0 Å². The number of fused-ring (bicyclic) bond motifs is 1. The molecule has 0 aromatic heterocycles. The van der Waals surface area contributed by atoms with Crippen molar-refractivity contribution < 1.29 is 27.5 Å². The minimum atomic E-state index is -3.33. The molecule has 1 unspecified atom stereocenters. The van der Waals surface area contributed by atoms with Crippen LogP contribution in [0.25, 0.3) is 0 Å². The summed E-state index contributed by atoms with van der Waals surface area (Å²) in [5, 5.41) is 2.85. The zero-order chi connectivity index (χ0) is 23.8. The molecule has 0 saturated carbocycles. The maximum atomic E-state index is 13.0. The molecular weight excluding hydrogens is 446 g/mol. The van der Waals surface area contributed by atoms with E-state index < -0.39 is 27.7 Å². The van der Waals surface area contributed by atoms with Crippen molar-refractivity contribution in [1.82, 2.24) is 9.62 Å². The van der Waals surface area contributed by atoms with Crippen molar-refractivity contribution in [2.45, 2.75) is 25.8 Å². The topological polar surface area (TPSA) is 113 Å². The molecule has 2 aliphatic heterocycles. The van der Waals surface area contributed by atoms with Gasteiger partial charge >= 0.3 is 0 Å². The van der Waals surface area contributed by atoms with Gasteiger partial charge in [-0.2, -0.15) is 0 Å². The lowest BCUT2D eigenvalue weighted by atomic mass is 10.0. The summed E-state index contributed by atoms with van der Waals surface area (Å²) in [6.07, 6.45) is 2.45. The zero-order valence-corrected chi connectivity index (χ0v) is 19.2. The average molecular weight is 472 g/mol. The first-order valence-electron chi connectivity index (χ1n) is 10.7. The number of hydrogen-bond acceptors (Lipinski definition) is 6. The molecule has 1 atom stereocenters. The molecule has 2 aliphatic rings. The summed E-state index contributed by atoms with van der Waals surface area (Å²) in [5.74, 6) is -0.746. The number of benzene rings is 2. The van der Waals surface area contributed by atoms with E-state index in [2.05, 4.69) is 5.32 Å². The van der Waals surface area contributed by atoms with E-state index in [1.54, 1.807) is 24.3 Å². The number of carbonyl (C=O) groups excluding carboxylic acids is 3. The van der Waals surface area contributed by atoms with Gasteiger partial charge in [-0.05, 0) is 62.2 Å². The minimum Gasteiger partial charge on any atom is -0.494 e. The minimum absolute atomic E-state index is 0.156. The van der Waals surface area contributed by atoms with Gasteiger partial charge in [0.05, 0.1) is 29.7 Å². The Kier molecular flexibility index (Phi) is 6.22. The van der Waals surface area contributed by atoms with Gasteiger partial charge in [-0.15, -0.1) is 0 Å². The van der Waals surface area contributed by atoms with E-state index in [9.17, 15) is 22.8 Å². The van der Waals surface area contributed by atoms with E-state index in [1.165, 1.54) is 22.5 Å². The first-order valence-corrected chi connectivity index (χ1v) is 12.6. The molecule has 0 radical (unpaired) electrons. The molecule has 1 saturated heterocycles. The van der Waals surface area contributed by atoms with Crippen LogP contribution in [-0.4, -0.2) is 62.4 Å². The highest BCUT2D eigenvalue weighted by molar-refractivity contribution is 7.88. The number of imide groups is 1. The number of amides is 3. The largest absolute Gasteiger partial charge is 0.494 e. The molecule has 10 heteroatoms. The van der Waals surface area contributed by atoms with Gasteiger partial charge in [0.2, 0.25) is 10.0 Å². The van der Waals surface area contributed by atoms with Gasteiger partial charge in [-0.1, -0.05) is 0 Å². The highest BCUT2D eigenvalue weighted by atomic mass is 32.2. The molecule has 1 N–H and O–H groups in total. The molecule has 2 heterocycles. The van der Waals surface area contributed by atoms with Crippen molar-refractivity contribution in [3.63, 3.8) is 0 Å². The predicted molar refractivity (Wildman–Crippen MR) is 122 cm³/mol. The Hall–Kier alpha value is -3.24. The van der Waals surface area contributed by atoms with Gasteiger partial charge in [0.1, 0.15) is 5.75 Å². The summed E-state index contributed by atoms with van der Waals surface area (Å²) in [4.78, 5) is 39.7.